The Balaban J connectivity index is 2.06. The van der Waals surface area contributed by atoms with Crippen LogP contribution in [-0.2, 0) is 13.1 Å². The highest BCUT2D eigenvalue weighted by molar-refractivity contribution is 4.96. The lowest BCUT2D eigenvalue weighted by atomic mass is 9.80. The predicted octanol–water partition coefficient (Wildman–Crippen LogP) is 1.17. The summed E-state index contributed by atoms with van der Waals surface area (Å²) in [5.41, 5.74) is 6.35. The first-order valence-electron chi connectivity index (χ1n) is 6.80. The molecule has 0 spiro atoms. The molecule has 1 aromatic heterocycles. The van der Waals surface area contributed by atoms with E-state index in [1.807, 2.05) is 6.92 Å². The Hall–Kier alpha value is -0.940. The molecule has 2 N–H and O–H groups in total. The molecule has 0 aromatic carbocycles. The Kier molecular flexibility index (Phi) is 3.73. The monoisotopic (exact) mass is 251 g/mol. The zero-order valence-electron chi connectivity index (χ0n) is 12.0. The van der Waals surface area contributed by atoms with Crippen molar-refractivity contribution in [3.05, 3.63) is 11.6 Å². The van der Waals surface area contributed by atoms with Crippen molar-refractivity contribution >= 4 is 0 Å². The number of rotatable bonds is 3. The summed E-state index contributed by atoms with van der Waals surface area (Å²) in [4.78, 5) is 2.44. The van der Waals surface area contributed by atoms with E-state index in [1.54, 1.807) is 0 Å². The molecule has 18 heavy (non-hydrogen) atoms. The van der Waals surface area contributed by atoms with Gasteiger partial charge in [0.1, 0.15) is 11.6 Å². The molecule has 0 bridgehead atoms. The number of aryl methyl sites for hydroxylation is 1. The van der Waals surface area contributed by atoms with Crippen molar-refractivity contribution in [2.45, 2.75) is 53.2 Å². The molecule has 1 atom stereocenters. The summed E-state index contributed by atoms with van der Waals surface area (Å²) in [6, 6.07) is 0.305. The van der Waals surface area contributed by atoms with Crippen LogP contribution in [0.4, 0.5) is 0 Å². The lowest BCUT2D eigenvalue weighted by Crippen LogP contribution is -2.52. The van der Waals surface area contributed by atoms with Crippen LogP contribution in [0.3, 0.4) is 0 Å². The molecule has 1 fully saturated rings. The summed E-state index contributed by atoms with van der Waals surface area (Å²) in [7, 11) is 0. The highest BCUT2D eigenvalue weighted by atomic mass is 15.3. The lowest BCUT2D eigenvalue weighted by Gasteiger charge is -2.42. The van der Waals surface area contributed by atoms with Crippen LogP contribution in [0.25, 0.3) is 0 Å². The molecule has 5 heteroatoms. The second kappa shape index (κ2) is 4.97. The molecule has 1 aromatic rings. The Morgan fingerprint density at radius 1 is 1.39 bits per heavy atom. The molecule has 0 saturated carbocycles. The number of likely N-dealkylation sites (tertiary alicyclic amines) is 1. The SMILES string of the molecule is CCn1c(C)nnc1CN1CCC(N)C(C)(C)C1. The number of piperidine rings is 1. The minimum absolute atomic E-state index is 0.185. The van der Waals surface area contributed by atoms with Crippen LogP contribution >= 0.6 is 0 Å². The highest BCUT2D eigenvalue weighted by Gasteiger charge is 2.33. The van der Waals surface area contributed by atoms with Gasteiger partial charge in [-0.15, -0.1) is 10.2 Å². The van der Waals surface area contributed by atoms with Crippen molar-refractivity contribution in [3.63, 3.8) is 0 Å². The van der Waals surface area contributed by atoms with Crippen LogP contribution in [0.5, 0.6) is 0 Å². The highest BCUT2D eigenvalue weighted by Crippen LogP contribution is 2.28. The Labute approximate surface area is 109 Å². The molecule has 1 unspecified atom stereocenters. The van der Waals surface area contributed by atoms with Gasteiger partial charge in [-0.2, -0.15) is 0 Å². The van der Waals surface area contributed by atoms with Crippen molar-refractivity contribution in [2.75, 3.05) is 13.1 Å². The average molecular weight is 251 g/mol. The molecular formula is C13H25N5. The van der Waals surface area contributed by atoms with Crippen molar-refractivity contribution in [1.82, 2.24) is 19.7 Å². The van der Waals surface area contributed by atoms with E-state index in [1.165, 1.54) is 0 Å². The summed E-state index contributed by atoms with van der Waals surface area (Å²) in [6.45, 7) is 12.5. The van der Waals surface area contributed by atoms with Crippen molar-refractivity contribution in [3.8, 4) is 0 Å². The van der Waals surface area contributed by atoms with Gasteiger partial charge in [-0.25, -0.2) is 0 Å². The first-order chi connectivity index (χ1) is 8.44. The van der Waals surface area contributed by atoms with Crippen molar-refractivity contribution in [2.24, 2.45) is 11.1 Å². The van der Waals surface area contributed by atoms with Crippen LogP contribution < -0.4 is 5.73 Å². The van der Waals surface area contributed by atoms with Gasteiger partial charge in [-0.05, 0) is 25.7 Å². The first kappa shape index (κ1) is 13.5. The van der Waals surface area contributed by atoms with E-state index in [0.29, 0.717) is 6.04 Å². The van der Waals surface area contributed by atoms with Gasteiger partial charge < -0.3 is 10.3 Å². The molecule has 1 saturated heterocycles. The third kappa shape index (κ3) is 2.57. The number of hydrogen-bond acceptors (Lipinski definition) is 4. The molecule has 5 nitrogen and oxygen atoms in total. The Morgan fingerprint density at radius 3 is 2.72 bits per heavy atom. The number of nitrogens with zero attached hydrogens (tertiary/aromatic N) is 4. The van der Waals surface area contributed by atoms with Crippen LogP contribution in [0.1, 0.15) is 38.8 Å². The number of hydrogen-bond donors (Lipinski definition) is 1. The van der Waals surface area contributed by atoms with Crippen LogP contribution in [0, 0.1) is 12.3 Å². The third-order valence-corrected chi connectivity index (χ3v) is 4.08. The van der Waals surface area contributed by atoms with E-state index in [0.717, 1.165) is 44.2 Å². The molecule has 1 aliphatic rings. The van der Waals surface area contributed by atoms with Crippen molar-refractivity contribution in [1.29, 1.82) is 0 Å². The quantitative estimate of drug-likeness (QED) is 0.876. The normalized spacial score (nSPS) is 24.4. The van der Waals surface area contributed by atoms with Crippen LogP contribution in [-0.4, -0.2) is 38.8 Å². The topological polar surface area (TPSA) is 60.0 Å². The van der Waals surface area contributed by atoms with Crippen LogP contribution in [0.2, 0.25) is 0 Å². The Morgan fingerprint density at radius 2 is 2.11 bits per heavy atom. The predicted molar refractivity (Wildman–Crippen MR) is 72.1 cm³/mol. The minimum atomic E-state index is 0.185. The summed E-state index contributed by atoms with van der Waals surface area (Å²) in [5.74, 6) is 2.07. The van der Waals surface area contributed by atoms with E-state index in [2.05, 4.69) is 40.4 Å². The maximum absolute atomic E-state index is 6.17. The second-order valence-electron chi connectivity index (χ2n) is 6.00. The molecule has 1 aliphatic heterocycles. The zero-order chi connectivity index (χ0) is 13.3. The maximum atomic E-state index is 6.17. The van der Waals surface area contributed by atoms with E-state index < -0.39 is 0 Å². The van der Waals surface area contributed by atoms with Crippen LogP contribution in [0.15, 0.2) is 0 Å². The van der Waals surface area contributed by atoms with Gasteiger partial charge in [0.2, 0.25) is 0 Å². The summed E-state index contributed by atoms with van der Waals surface area (Å²) >= 11 is 0. The lowest BCUT2D eigenvalue weighted by molar-refractivity contribution is 0.0868. The summed E-state index contributed by atoms with van der Waals surface area (Å²) in [6.07, 6.45) is 1.06. The minimum Gasteiger partial charge on any atom is -0.327 e. The standard InChI is InChI=1S/C13H25N5/c1-5-18-10(2)15-16-12(18)8-17-7-6-11(14)13(3,4)9-17/h11H,5-9,14H2,1-4H3. The molecule has 0 aliphatic carbocycles. The van der Waals surface area contributed by atoms with E-state index in [9.17, 15) is 0 Å². The first-order valence-corrected chi connectivity index (χ1v) is 6.80. The molecule has 102 valence electrons. The van der Waals surface area contributed by atoms with E-state index in [4.69, 9.17) is 5.73 Å². The largest absolute Gasteiger partial charge is 0.327 e. The number of nitrogens with two attached hydrogens (primary N) is 1. The van der Waals surface area contributed by atoms with Gasteiger partial charge in [-0.3, -0.25) is 4.90 Å². The van der Waals surface area contributed by atoms with Crippen molar-refractivity contribution < 1.29 is 0 Å². The fourth-order valence-electron chi connectivity index (χ4n) is 2.77. The summed E-state index contributed by atoms with van der Waals surface area (Å²) in [5, 5.41) is 8.45. The smallest absolute Gasteiger partial charge is 0.147 e. The Bertz CT molecular complexity index is 410. The van der Waals surface area contributed by atoms with Gasteiger partial charge in [0.15, 0.2) is 0 Å². The van der Waals surface area contributed by atoms with E-state index in [-0.39, 0.29) is 5.41 Å². The molecule has 2 rings (SSSR count). The fraction of sp³-hybridized carbons (Fsp3) is 0.846. The van der Waals surface area contributed by atoms with E-state index >= 15 is 0 Å². The van der Waals surface area contributed by atoms with Gasteiger partial charge in [-0.1, -0.05) is 13.8 Å². The second-order valence-corrected chi connectivity index (χ2v) is 6.00. The molecule has 0 amide bonds. The van der Waals surface area contributed by atoms with Gasteiger partial charge >= 0.3 is 0 Å². The molecule has 0 radical (unpaired) electrons. The summed E-state index contributed by atoms with van der Waals surface area (Å²) < 4.78 is 2.18. The maximum Gasteiger partial charge on any atom is 0.147 e. The molecular weight excluding hydrogens is 226 g/mol. The third-order valence-electron chi connectivity index (χ3n) is 4.08. The fourth-order valence-corrected chi connectivity index (χ4v) is 2.77. The zero-order valence-corrected chi connectivity index (χ0v) is 12.0. The molecule has 2 heterocycles. The van der Waals surface area contributed by atoms with Gasteiger partial charge in [0, 0.05) is 25.7 Å². The average Bonchev–Trinajstić information content (AvgIpc) is 2.64. The number of aromatic nitrogens is 3. The van der Waals surface area contributed by atoms with Gasteiger partial charge in [0.05, 0.1) is 6.54 Å². The van der Waals surface area contributed by atoms with Gasteiger partial charge in [0.25, 0.3) is 0 Å².